The quantitative estimate of drug-likeness (QED) is 0.0277. The van der Waals surface area contributed by atoms with Gasteiger partial charge in [-0.15, -0.1) is 0 Å². The SMILES string of the molecule is CCCCCCCCCCCCCCCC(=O)OCCC[C@@H]1/C(=C(/C)C=O)CC[C@](C)(O)[C@@]1(C)CC/C=C(\C)[C@H](O)C/C=C(\C)CCC=C(C)C. The van der Waals surface area contributed by atoms with Crippen molar-refractivity contribution >= 4 is 12.3 Å². The summed E-state index contributed by atoms with van der Waals surface area (Å²) in [6.07, 6.45) is 30.9. The van der Waals surface area contributed by atoms with Gasteiger partial charge in [0.1, 0.15) is 6.29 Å². The Hall–Kier alpha value is -1.98. The van der Waals surface area contributed by atoms with Gasteiger partial charge >= 0.3 is 5.97 Å². The highest BCUT2D eigenvalue weighted by atomic mass is 16.5. The van der Waals surface area contributed by atoms with Gasteiger partial charge in [-0.1, -0.05) is 126 Å². The van der Waals surface area contributed by atoms with Crippen LogP contribution in [0.5, 0.6) is 0 Å². The zero-order valence-electron chi connectivity index (χ0n) is 34.6. The summed E-state index contributed by atoms with van der Waals surface area (Å²) in [5.74, 6) is -0.107. The van der Waals surface area contributed by atoms with Crippen molar-refractivity contribution in [2.24, 2.45) is 11.3 Å². The molecule has 0 radical (unpaired) electrons. The lowest BCUT2D eigenvalue weighted by Gasteiger charge is -2.53. The van der Waals surface area contributed by atoms with E-state index in [0.717, 1.165) is 68.0 Å². The highest BCUT2D eigenvalue weighted by Gasteiger charge is 2.52. The molecule has 1 aliphatic rings. The Labute approximate surface area is 314 Å². The Balaban J connectivity index is 2.60. The van der Waals surface area contributed by atoms with E-state index in [0.29, 0.717) is 38.7 Å². The van der Waals surface area contributed by atoms with Crippen molar-refractivity contribution in [2.75, 3.05) is 6.61 Å². The second-order valence-electron chi connectivity index (χ2n) is 16.5. The third-order valence-electron chi connectivity index (χ3n) is 11.8. The van der Waals surface area contributed by atoms with E-state index in [-0.39, 0.29) is 11.9 Å². The van der Waals surface area contributed by atoms with E-state index in [1.54, 1.807) is 0 Å². The number of aliphatic hydroxyl groups is 2. The van der Waals surface area contributed by atoms with Crippen LogP contribution in [0.2, 0.25) is 0 Å². The molecule has 51 heavy (non-hydrogen) atoms. The van der Waals surface area contributed by atoms with Crippen LogP contribution in [-0.2, 0) is 14.3 Å². The van der Waals surface area contributed by atoms with Gasteiger partial charge in [0, 0.05) is 11.8 Å². The van der Waals surface area contributed by atoms with Gasteiger partial charge in [-0.2, -0.15) is 0 Å². The van der Waals surface area contributed by atoms with E-state index in [1.165, 1.54) is 81.8 Å². The van der Waals surface area contributed by atoms with Crippen LogP contribution in [-0.4, -0.2) is 40.8 Å². The van der Waals surface area contributed by atoms with Crippen LogP contribution in [0.15, 0.2) is 46.1 Å². The number of esters is 1. The first-order valence-corrected chi connectivity index (χ1v) is 21.0. The number of carbonyl (C=O) groups excluding carboxylic acids is 2. The fourth-order valence-corrected chi connectivity index (χ4v) is 7.84. The summed E-state index contributed by atoms with van der Waals surface area (Å²) < 4.78 is 5.66. The molecule has 1 fully saturated rings. The Kier molecular flexibility index (Phi) is 24.7. The maximum absolute atomic E-state index is 12.5. The number of ether oxygens (including phenoxy) is 1. The molecule has 0 heterocycles. The molecule has 294 valence electrons. The number of rotatable bonds is 28. The Morgan fingerprint density at radius 2 is 1.41 bits per heavy atom. The third kappa shape index (κ3) is 19.1. The molecule has 0 bridgehead atoms. The number of allylic oxidation sites excluding steroid dienone is 6. The van der Waals surface area contributed by atoms with Crippen molar-refractivity contribution < 1.29 is 24.5 Å². The van der Waals surface area contributed by atoms with Crippen molar-refractivity contribution in [3.8, 4) is 0 Å². The van der Waals surface area contributed by atoms with E-state index in [9.17, 15) is 19.8 Å². The highest BCUT2D eigenvalue weighted by Crippen LogP contribution is 2.55. The van der Waals surface area contributed by atoms with Crippen molar-refractivity contribution in [1.82, 2.24) is 0 Å². The Morgan fingerprint density at radius 1 is 0.824 bits per heavy atom. The van der Waals surface area contributed by atoms with Crippen LogP contribution >= 0.6 is 0 Å². The number of hydrogen-bond donors (Lipinski definition) is 2. The standard InChI is InChI=1S/C46H80O5/c1-9-10-11-12-13-14-15-16-17-18-19-20-21-29-44(49)51-35-24-28-42-41(40(6)36-47)32-34-46(8,50)45(42,7)33-23-27-39(5)43(48)31-30-38(4)26-22-25-37(2)3/h25,27,30,36,42-43,48,50H,9-24,26,28-29,31-35H2,1-8H3/b38-30+,39-27+,41-40-/t42-,43-,45+,46+/m1/s1. The van der Waals surface area contributed by atoms with Crippen molar-refractivity contribution in [1.29, 1.82) is 0 Å². The fourth-order valence-electron chi connectivity index (χ4n) is 7.84. The first-order chi connectivity index (χ1) is 24.3. The van der Waals surface area contributed by atoms with Gasteiger partial charge in [0.05, 0.1) is 18.3 Å². The molecule has 0 aliphatic heterocycles. The van der Waals surface area contributed by atoms with Crippen LogP contribution < -0.4 is 0 Å². The minimum atomic E-state index is -0.902. The highest BCUT2D eigenvalue weighted by molar-refractivity contribution is 5.74. The van der Waals surface area contributed by atoms with Gasteiger partial charge in [0.2, 0.25) is 0 Å². The van der Waals surface area contributed by atoms with E-state index in [1.807, 2.05) is 20.8 Å². The Bertz CT molecular complexity index is 1100. The summed E-state index contributed by atoms with van der Waals surface area (Å²) in [4.78, 5) is 24.5. The molecule has 0 unspecified atom stereocenters. The van der Waals surface area contributed by atoms with Gasteiger partial charge in [-0.05, 0) is 123 Å². The van der Waals surface area contributed by atoms with Gasteiger partial charge in [0.15, 0.2) is 0 Å². The molecule has 1 aliphatic carbocycles. The summed E-state index contributed by atoms with van der Waals surface area (Å²) in [5, 5.41) is 22.6. The molecule has 0 aromatic rings. The van der Waals surface area contributed by atoms with Crippen LogP contribution in [0.25, 0.3) is 0 Å². The molecular weight excluding hydrogens is 633 g/mol. The van der Waals surface area contributed by atoms with E-state index in [4.69, 9.17) is 4.74 Å². The summed E-state index contributed by atoms with van der Waals surface area (Å²) >= 11 is 0. The number of aliphatic hydroxyl groups excluding tert-OH is 1. The first kappa shape index (κ1) is 47.0. The Morgan fingerprint density at radius 3 is 1.98 bits per heavy atom. The van der Waals surface area contributed by atoms with Crippen LogP contribution in [0.1, 0.15) is 203 Å². The van der Waals surface area contributed by atoms with Crippen LogP contribution in [0.3, 0.4) is 0 Å². The van der Waals surface area contributed by atoms with Crippen molar-refractivity contribution in [2.45, 2.75) is 215 Å². The van der Waals surface area contributed by atoms with Crippen LogP contribution in [0, 0.1) is 11.3 Å². The van der Waals surface area contributed by atoms with Gasteiger partial charge in [0.25, 0.3) is 0 Å². The molecular formula is C46H80O5. The summed E-state index contributed by atoms with van der Waals surface area (Å²) in [7, 11) is 0. The van der Waals surface area contributed by atoms with Gasteiger partial charge < -0.3 is 14.9 Å². The molecule has 0 spiro atoms. The normalized spacial score (nSPS) is 22.8. The molecule has 1 saturated carbocycles. The predicted octanol–water partition coefficient (Wildman–Crippen LogP) is 12.6. The topological polar surface area (TPSA) is 83.8 Å². The summed E-state index contributed by atoms with van der Waals surface area (Å²) in [6, 6.07) is 0. The van der Waals surface area contributed by atoms with E-state index in [2.05, 4.69) is 52.8 Å². The van der Waals surface area contributed by atoms with Gasteiger partial charge in [-0.3, -0.25) is 9.59 Å². The van der Waals surface area contributed by atoms with Gasteiger partial charge in [-0.25, -0.2) is 0 Å². The number of hydrogen-bond acceptors (Lipinski definition) is 5. The predicted molar refractivity (Wildman–Crippen MR) is 217 cm³/mol. The first-order valence-electron chi connectivity index (χ1n) is 21.0. The maximum atomic E-state index is 12.5. The lowest BCUT2D eigenvalue weighted by molar-refractivity contribution is -0.144. The largest absolute Gasteiger partial charge is 0.466 e. The number of unbranched alkanes of at least 4 members (excludes halogenated alkanes) is 12. The van der Waals surface area contributed by atoms with Crippen molar-refractivity contribution in [3.05, 3.63) is 46.1 Å². The maximum Gasteiger partial charge on any atom is 0.305 e. The fraction of sp³-hybridized carbons (Fsp3) is 0.783. The lowest BCUT2D eigenvalue weighted by atomic mass is 9.54. The number of carbonyl (C=O) groups is 2. The van der Waals surface area contributed by atoms with E-state index < -0.39 is 17.1 Å². The average molecular weight is 713 g/mol. The zero-order valence-corrected chi connectivity index (χ0v) is 34.6. The monoisotopic (exact) mass is 713 g/mol. The second-order valence-corrected chi connectivity index (χ2v) is 16.5. The molecule has 0 amide bonds. The van der Waals surface area contributed by atoms with Crippen molar-refractivity contribution in [3.63, 3.8) is 0 Å². The molecule has 5 heteroatoms. The minimum absolute atomic E-state index is 0.0104. The summed E-state index contributed by atoms with van der Waals surface area (Å²) in [6.45, 7) is 17.0. The van der Waals surface area contributed by atoms with E-state index >= 15 is 0 Å². The molecule has 2 N–H and O–H groups in total. The smallest absolute Gasteiger partial charge is 0.305 e. The third-order valence-corrected chi connectivity index (χ3v) is 11.8. The molecule has 4 atom stereocenters. The molecule has 0 aromatic heterocycles. The second kappa shape index (κ2) is 26.7. The molecule has 1 rings (SSSR count). The zero-order chi connectivity index (χ0) is 38.1. The van der Waals surface area contributed by atoms with Crippen LogP contribution in [0.4, 0.5) is 0 Å². The molecule has 5 nitrogen and oxygen atoms in total. The minimum Gasteiger partial charge on any atom is -0.466 e. The average Bonchev–Trinajstić information content (AvgIpc) is 3.08. The molecule has 0 saturated heterocycles. The summed E-state index contributed by atoms with van der Waals surface area (Å²) in [5.41, 5.74) is 4.10. The lowest BCUT2D eigenvalue weighted by Crippen LogP contribution is -2.52. The molecule has 0 aromatic carbocycles. The number of aldehydes is 1.